The molecule has 5 rings (SSSR count). The number of benzene rings is 2. The molecule has 0 spiro atoms. The normalized spacial score (nSPS) is 22.0. The first-order valence-corrected chi connectivity index (χ1v) is 14.3. The number of hydrogen-bond donors (Lipinski definition) is 1. The van der Waals surface area contributed by atoms with Crippen LogP contribution in [0.3, 0.4) is 0 Å². The second-order valence-electron chi connectivity index (χ2n) is 10.5. The van der Waals surface area contributed by atoms with Crippen LogP contribution in [0.25, 0.3) is 5.76 Å². The molecule has 0 bridgehead atoms. The van der Waals surface area contributed by atoms with E-state index in [0.29, 0.717) is 68.4 Å². The Morgan fingerprint density at radius 1 is 1.10 bits per heavy atom. The third-order valence-corrected chi connectivity index (χ3v) is 7.63. The number of rotatable bonds is 11. The van der Waals surface area contributed by atoms with Gasteiger partial charge in [-0.3, -0.25) is 14.5 Å². The molecule has 0 saturated carbocycles. The van der Waals surface area contributed by atoms with Crippen molar-refractivity contribution in [2.75, 3.05) is 52.6 Å². The molecule has 0 unspecified atom stereocenters. The minimum absolute atomic E-state index is 0.0400. The summed E-state index contributed by atoms with van der Waals surface area (Å²) in [6, 6.07) is 9.97. The lowest BCUT2D eigenvalue weighted by atomic mass is 9.94. The van der Waals surface area contributed by atoms with E-state index in [0.717, 1.165) is 30.9 Å². The lowest BCUT2D eigenvalue weighted by molar-refractivity contribution is -0.140. The monoisotopic (exact) mass is 562 g/mol. The summed E-state index contributed by atoms with van der Waals surface area (Å²) in [5.74, 6) is 0.277. The highest BCUT2D eigenvalue weighted by Gasteiger charge is 2.46. The summed E-state index contributed by atoms with van der Waals surface area (Å²) in [4.78, 5) is 30.9. The molecular weight excluding hydrogens is 524 g/mol. The van der Waals surface area contributed by atoms with Crippen LogP contribution in [0.15, 0.2) is 54.6 Å². The van der Waals surface area contributed by atoms with Gasteiger partial charge in [0, 0.05) is 38.2 Å². The first kappa shape index (κ1) is 28.7. The number of carbonyl (C=O) groups excluding carboxylic acids is 2. The number of ketones is 1. The van der Waals surface area contributed by atoms with E-state index >= 15 is 0 Å². The molecule has 0 radical (unpaired) electrons. The smallest absolute Gasteiger partial charge is 0.295 e. The van der Waals surface area contributed by atoms with Crippen LogP contribution in [0, 0.1) is 0 Å². The van der Waals surface area contributed by atoms with Crippen LogP contribution in [0.4, 0.5) is 0 Å². The van der Waals surface area contributed by atoms with Crippen LogP contribution >= 0.6 is 0 Å². The predicted molar refractivity (Wildman–Crippen MR) is 154 cm³/mol. The summed E-state index contributed by atoms with van der Waals surface area (Å²) in [5.41, 5.74) is 2.16. The molecule has 2 fully saturated rings. The molecular formula is C32H38N2O7. The zero-order valence-corrected chi connectivity index (χ0v) is 23.8. The van der Waals surface area contributed by atoms with Crippen LogP contribution in [0.2, 0.25) is 0 Å². The largest absolute Gasteiger partial charge is 0.507 e. The number of nitrogens with zero attached hydrogens (tertiary/aromatic N) is 2. The summed E-state index contributed by atoms with van der Waals surface area (Å²) < 4.78 is 22.9. The van der Waals surface area contributed by atoms with Gasteiger partial charge in [-0.1, -0.05) is 18.7 Å². The standard InChI is InChI=1S/C32H38N2O7/c1-4-15-40-26-10-7-22(20-27(26)39-5-2)29-28(30(35)23-8-9-25-24(19-23)18-21(3)41-25)31(36)32(37)34(29)12-6-11-33-13-16-38-17-14-33/h4,7-10,19-21,29,35H,1,5-6,11-18H2,2-3H3/b30-28+/t21-,29+/m0/s1. The Labute approximate surface area is 240 Å². The van der Waals surface area contributed by atoms with Gasteiger partial charge in [-0.05, 0) is 61.7 Å². The summed E-state index contributed by atoms with van der Waals surface area (Å²) in [5, 5.41) is 11.6. The summed E-state index contributed by atoms with van der Waals surface area (Å²) in [6.45, 7) is 12.5. The van der Waals surface area contributed by atoms with E-state index in [1.54, 1.807) is 35.2 Å². The van der Waals surface area contributed by atoms with E-state index < -0.39 is 17.7 Å². The number of likely N-dealkylation sites (tertiary alicyclic amines) is 1. The molecule has 3 aliphatic rings. The average Bonchev–Trinajstić information content (AvgIpc) is 3.48. The first-order chi connectivity index (χ1) is 19.9. The Kier molecular flexibility index (Phi) is 8.95. The Hall–Kier alpha value is -3.82. The minimum Gasteiger partial charge on any atom is -0.507 e. The van der Waals surface area contributed by atoms with Crippen LogP contribution in [0.5, 0.6) is 17.2 Å². The second-order valence-corrected chi connectivity index (χ2v) is 10.5. The van der Waals surface area contributed by atoms with E-state index in [2.05, 4.69) is 11.5 Å². The van der Waals surface area contributed by atoms with Crippen molar-refractivity contribution < 1.29 is 33.6 Å². The number of fused-ring (bicyclic) bond motifs is 1. The van der Waals surface area contributed by atoms with Crippen LogP contribution in [0.1, 0.15) is 43.0 Å². The van der Waals surface area contributed by atoms with Gasteiger partial charge in [0.25, 0.3) is 11.7 Å². The van der Waals surface area contributed by atoms with Crippen molar-refractivity contribution in [1.29, 1.82) is 0 Å². The fraction of sp³-hybridized carbons (Fsp3) is 0.438. The lowest BCUT2D eigenvalue weighted by Gasteiger charge is -2.29. The number of carbonyl (C=O) groups is 2. The van der Waals surface area contributed by atoms with Crippen molar-refractivity contribution in [1.82, 2.24) is 9.80 Å². The van der Waals surface area contributed by atoms with E-state index in [1.807, 2.05) is 26.0 Å². The molecule has 2 aromatic rings. The topological polar surface area (TPSA) is 97.8 Å². The molecule has 0 aliphatic carbocycles. The number of Topliss-reactive ketones (excluding diaryl/α,β-unsaturated/α-hetero) is 1. The van der Waals surface area contributed by atoms with E-state index in [1.165, 1.54) is 0 Å². The lowest BCUT2D eigenvalue weighted by Crippen LogP contribution is -2.39. The van der Waals surface area contributed by atoms with Crippen LogP contribution in [-0.4, -0.2) is 85.3 Å². The number of ether oxygens (including phenoxy) is 4. The number of aliphatic hydroxyl groups is 1. The Bertz CT molecular complexity index is 1330. The fourth-order valence-electron chi connectivity index (χ4n) is 5.70. The van der Waals surface area contributed by atoms with Gasteiger partial charge in [0.05, 0.1) is 31.4 Å². The van der Waals surface area contributed by atoms with Gasteiger partial charge in [-0.25, -0.2) is 0 Å². The van der Waals surface area contributed by atoms with Crippen molar-refractivity contribution >= 4 is 17.4 Å². The quantitative estimate of drug-likeness (QED) is 0.189. The highest BCUT2D eigenvalue weighted by atomic mass is 16.5. The van der Waals surface area contributed by atoms with Gasteiger partial charge >= 0.3 is 0 Å². The Morgan fingerprint density at radius 3 is 2.66 bits per heavy atom. The molecule has 2 aromatic carbocycles. The van der Waals surface area contributed by atoms with E-state index in [4.69, 9.17) is 18.9 Å². The van der Waals surface area contributed by atoms with Crippen molar-refractivity contribution in [2.24, 2.45) is 0 Å². The number of amides is 1. The van der Waals surface area contributed by atoms with Gasteiger partial charge in [-0.15, -0.1) is 0 Å². The molecule has 0 aromatic heterocycles. The fourth-order valence-corrected chi connectivity index (χ4v) is 5.70. The zero-order valence-electron chi connectivity index (χ0n) is 23.8. The Balaban J connectivity index is 1.53. The predicted octanol–water partition coefficient (Wildman–Crippen LogP) is 4.12. The molecule has 9 heteroatoms. The van der Waals surface area contributed by atoms with E-state index in [9.17, 15) is 14.7 Å². The summed E-state index contributed by atoms with van der Waals surface area (Å²) in [6.07, 6.45) is 3.07. The molecule has 2 saturated heterocycles. The van der Waals surface area contributed by atoms with Gasteiger partial charge in [0.15, 0.2) is 11.5 Å². The first-order valence-electron chi connectivity index (χ1n) is 14.3. The third-order valence-electron chi connectivity index (χ3n) is 7.63. The highest BCUT2D eigenvalue weighted by Crippen LogP contribution is 2.43. The maximum Gasteiger partial charge on any atom is 0.295 e. The summed E-state index contributed by atoms with van der Waals surface area (Å²) >= 11 is 0. The van der Waals surface area contributed by atoms with Crippen molar-refractivity contribution in [3.63, 3.8) is 0 Å². The van der Waals surface area contributed by atoms with Gasteiger partial charge in [0.1, 0.15) is 24.2 Å². The maximum atomic E-state index is 13.6. The van der Waals surface area contributed by atoms with Gasteiger partial charge < -0.3 is 29.0 Å². The second kappa shape index (κ2) is 12.8. The van der Waals surface area contributed by atoms with Crippen LogP contribution in [-0.2, 0) is 20.7 Å². The minimum atomic E-state index is -0.782. The molecule has 1 N–H and O–H groups in total. The molecule has 41 heavy (non-hydrogen) atoms. The van der Waals surface area contributed by atoms with E-state index in [-0.39, 0.29) is 17.4 Å². The SMILES string of the molecule is C=CCOc1ccc([C@@H]2/C(=C(\O)c3ccc4c(c3)C[C@H](C)O4)C(=O)C(=O)N2CCCN2CCOCC2)cc1OCC. The van der Waals surface area contributed by atoms with Crippen molar-refractivity contribution in [3.8, 4) is 17.2 Å². The van der Waals surface area contributed by atoms with Crippen molar-refractivity contribution in [3.05, 3.63) is 71.3 Å². The maximum absolute atomic E-state index is 13.6. The zero-order chi connectivity index (χ0) is 28.9. The molecule has 1 amide bonds. The highest BCUT2D eigenvalue weighted by molar-refractivity contribution is 6.46. The molecule has 3 heterocycles. The summed E-state index contributed by atoms with van der Waals surface area (Å²) in [7, 11) is 0. The number of aliphatic hydroxyl groups excluding tert-OH is 1. The average molecular weight is 563 g/mol. The third kappa shape index (κ3) is 6.11. The van der Waals surface area contributed by atoms with Crippen LogP contribution < -0.4 is 14.2 Å². The Morgan fingerprint density at radius 2 is 1.90 bits per heavy atom. The number of hydrogen-bond acceptors (Lipinski definition) is 8. The number of morpholine rings is 1. The van der Waals surface area contributed by atoms with Crippen molar-refractivity contribution in [2.45, 2.75) is 38.8 Å². The molecule has 218 valence electrons. The molecule has 2 atom stereocenters. The van der Waals surface area contributed by atoms with Gasteiger partial charge in [-0.2, -0.15) is 0 Å². The molecule has 3 aliphatic heterocycles. The van der Waals surface area contributed by atoms with Gasteiger partial charge in [0.2, 0.25) is 0 Å². The molecule has 9 nitrogen and oxygen atoms in total.